The fraction of sp³-hybridized carbons (Fsp3) is 0.615. The van der Waals surface area contributed by atoms with Gasteiger partial charge in [-0.2, -0.15) is 4.31 Å². The highest BCUT2D eigenvalue weighted by molar-refractivity contribution is 7.89. The lowest BCUT2D eigenvalue weighted by atomic mass is 9.92. The number of sulfonamides is 1. The summed E-state index contributed by atoms with van der Waals surface area (Å²) >= 11 is 0. The third kappa shape index (κ3) is 3.12. The van der Waals surface area contributed by atoms with E-state index < -0.39 is 15.9 Å². The van der Waals surface area contributed by atoms with Crippen LogP contribution < -0.4 is 11.5 Å². The van der Waals surface area contributed by atoms with E-state index in [0.29, 0.717) is 19.0 Å². The summed E-state index contributed by atoms with van der Waals surface area (Å²) in [7, 11) is -1.98. The number of primary amides is 1. The minimum absolute atomic E-state index is 0.0769. The van der Waals surface area contributed by atoms with Crippen molar-refractivity contribution in [3.63, 3.8) is 0 Å². The summed E-state index contributed by atoms with van der Waals surface area (Å²) in [5, 5.41) is 0. The Hall–Kier alpha value is -1.38. The van der Waals surface area contributed by atoms with Crippen LogP contribution in [0.15, 0.2) is 17.2 Å². The predicted molar refractivity (Wildman–Crippen MR) is 79.1 cm³/mol. The SMILES string of the molecule is CC(N)C1CCN(S(=O)(=O)c2cc(C(N)=O)n(C)c2)CC1. The highest BCUT2D eigenvalue weighted by Gasteiger charge is 2.31. The van der Waals surface area contributed by atoms with Crippen molar-refractivity contribution < 1.29 is 13.2 Å². The van der Waals surface area contributed by atoms with Gasteiger partial charge in [0.05, 0.1) is 0 Å². The van der Waals surface area contributed by atoms with Gasteiger partial charge in [-0.1, -0.05) is 0 Å². The highest BCUT2D eigenvalue weighted by Crippen LogP contribution is 2.25. The monoisotopic (exact) mass is 314 g/mol. The van der Waals surface area contributed by atoms with Crippen LogP contribution in [0, 0.1) is 5.92 Å². The molecular weight excluding hydrogens is 292 g/mol. The van der Waals surface area contributed by atoms with Crippen molar-refractivity contribution in [3.8, 4) is 0 Å². The lowest BCUT2D eigenvalue weighted by Gasteiger charge is -2.32. The lowest BCUT2D eigenvalue weighted by molar-refractivity contribution is 0.0992. The van der Waals surface area contributed by atoms with Crippen LogP contribution in [0.2, 0.25) is 0 Å². The molecular formula is C13H22N4O3S. The molecule has 1 aromatic heterocycles. The molecule has 7 nitrogen and oxygen atoms in total. The maximum Gasteiger partial charge on any atom is 0.265 e. The van der Waals surface area contributed by atoms with Crippen molar-refractivity contribution in [1.29, 1.82) is 0 Å². The molecule has 0 aromatic carbocycles. The van der Waals surface area contributed by atoms with Crippen LogP contribution in [0.25, 0.3) is 0 Å². The Morgan fingerprint density at radius 3 is 2.38 bits per heavy atom. The summed E-state index contributed by atoms with van der Waals surface area (Å²) in [6.45, 7) is 2.86. The number of nitrogens with two attached hydrogens (primary N) is 2. The molecule has 1 atom stereocenters. The number of nitrogens with zero attached hydrogens (tertiary/aromatic N) is 2. The van der Waals surface area contributed by atoms with Gasteiger partial charge >= 0.3 is 0 Å². The molecule has 1 aliphatic rings. The van der Waals surface area contributed by atoms with Crippen LogP contribution in [-0.2, 0) is 17.1 Å². The predicted octanol–water partition coefficient (Wildman–Crippen LogP) is -0.128. The number of hydrogen-bond donors (Lipinski definition) is 2. The second-order valence-corrected chi connectivity index (χ2v) is 7.57. The number of carbonyl (C=O) groups excluding carboxylic acids is 1. The van der Waals surface area contributed by atoms with Crippen molar-refractivity contribution in [2.24, 2.45) is 24.4 Å². The van der Waals surface area contributed by atoms with Gasteiger partial charge < -0.3 is 16.0 Å². The molecule has 2 heterocycles. The van der Waals surface area contributed by atoms with E-state index in [0.717, 1.165) is 12.8 Å². The van der Waals surface area contributed by atoms with Gasteiger partial charge in [0.2, 0.25) is 10.0 Å². The topological polar surface area (TPSA) is 111 Å². The molecule has 0 aliphatic carbocycles. The fourth-order valence-corrected chi connectivity index (χ4v) is 4.25. The average molecular weight is 314 g/mol. The molecule has 1 unspecified atom stereocenters. The summed E-state index contributed by atoms with van der Waals surface area (Å²) in [6, 6.07) is 1.41. The molecule has 1 saturated heterocycles. The smallest absolute Gasteiger partial charge is 0.265 e. The summed E-state index contributed by atoms with van der Waals surface area (Å²) in [4.78, 5) is 11.3. The van der Waals surface area contributed by atoms with Gasteiger partial charge in [-0.05, 0) is 31.7 Å². The van der Waals surface area contributed by atoms with Crippen molar-refractivity contribution in [3.05, 3.63) is 18.0 Å². The minimum atomic E-state index is -3.58. The summed E-state index contributed by atoms with van der Waals surface area (Å²) < 4.78 is 28.0. The third-order valence-electron chi connectivity index (χ3n) is 4.11. The van der Waals surface area contributed by atoms with E-state index >= 15 is 0 Å². The molecule has 0 saturated carbocycles. The van der Waals surface area contributed by atoms with E-state index in [1.165, 1.54) is 21.1 Å². The molecule has 0 bridgehead atoms. The molecule has 8 heteroatoms. The van der Waals surface area contributed by atoms with Crippen LogP contribution in [0.4, 0.5) is 0 Å². The standard InChI is InChI=1S/C13H22N4O3S/c1-9(14)10-3-5-17(6-4-10)21(19,20)11-7-12(13(15)18)16(2)8-11/h7-10H,3-6,14H2,1-2H3,(H2,15,18). The lowest BCUT2D eigenvalue weighted by Crippen LogP contribution is -2.42. The molecule has 4 N–H and O–H groups in total. The second-order valence-electron chi connectivity index (χ2n) is 5.64. The van der Waals surface area contributed by atoms with Crippen molar-refractivity contribution in [1.82, 2.24) is 8.87 Å². The van der Waals surface area contributed by atoms with Gasteiger partial charge in [0.25, 0.3) is 5.91 Å². The van der Waals surface area contributed by atoms with Gasteiger partial charge in [0.1, 0.15) is 10.6 Å². The van der Waals surface area contributed by atoms with Gasteiger partial charge in [-0.25, -0.2) is 8.42 Å². The number of piperidine rings is 1. The normalized spacial score (nSPS) is 19.6. The van der Waals surface area contributed by atoms with Crippen LogP contribution in [0.1, 0.15) is 30.3 Å². The summed E-state index contributed by atoms with van der Waals surface area (Å²) in [5.41, 5.74) is 11.3. The number of carbonyl (C=O) groups is 1. The fourth-order valence-electron chi connectivity index (χ4n) is 2.71. The Kier molecular flexibility index (Phi) is 4.40. The van der Waals surface area contributed by atoms with Crippen LogP contribution in [0.5, 0.6) is 0 Å². The maximum atomic E-state index is 12.6. The third-order valence-corrected chi connectivity index (χ3v) is 5.98. The van der Waals surface area contributed by atoms with Gasteiger partial charge in [-0.3, -0.25) is 4.79 Å². The molecule has 1 amide bonds. The molecule has 0 radical (unpaired) electrons. The van der Waals surface area contributed by atoms with E-state index in [9.17, 15) is 13.2 Å². The number of aryl methyl sites for hydroxylation is 1. The van der Waals surface area contributed by atoms with E-state index in [4.69, 9.17) is 11.5 Å². The number of aromatic nitrogens is 1. The van der Waals surface area contributed by atoms with E-state index in [2.05, 4.69) is 0 Å². The number of hydrogen-bond acceptors (Lipinski definition) is 4. The second kappa shape index (κ2) is 5.78. The quantitative estimate of drug-likeness (QED) is 0.806. The van der Waals surface area contributed by atoms with E-state index in [-0.39, 0.29) is 16.6 Å². The first kappa shape index (κ1) is 16.0. The molecule has 1 aromatic rings. The largest absolute Gasteiger partial charge is 0.364 e. The first-order chi connectivity index (χ1) is 9.73. The minimum Gasteiger partial charge on any atom is -0.364 e. The van der Waals surface area contributed by atoms with Crippen LogP contribution in [-0.4, -0.2) is 42.3 Å². The first-order valence-electron chi connectivity index (χ1n) is 6.95. The highest BCUT2D eigenvalue weighted by atomic mass is 32.2. The molecule has 21 heavy (non-hydrogen) atoms. The summed E-state index contributed by atoms with van der Waals surface area (Å²) in [5.74, 6) is -0.289. The Labute approximate surface area is 124 Å². The zero-order valence-corrected chi connectivity index (χ0v) is 13.1. The zero-order valence-electron chi connectivity index (χ0n) is 12.3. The Bertz CT molecular complexity index is 628. The first-order valence-corrected chi connectivity index (χ1v) is 8.39. The van der Waals surface area contributed by atoms with Crippen LogP contribution in [0.3, 0.4) is 0 Å². The van der Waals surface area contributed by atoms with Crippen molar-refractivity contribution >= 4 is 15.9 Å². The Morgan fingerprint density at radius 2 is 1.95 bits per heavy atom. The molecule has 118 valence electrons. The zero-order chi connectivity index (χ0) is 15.8. The molecule has 2 rings (SSSR count). The summed E-state index contributed by atoms with van der Waals surface area (Å²) in [6.07, 6.45) is 2.94. The Balaban J connectivity index is 2.20. The van der Waals surface area contributed by atoms with Gasteiger partial charge in [0, 0.05) is 32.4 Å². The van der Waals surface area contributed by atoms with Gasteiger partial charge in [-0.15, -0.1) is 0 Å². The number of rotatable bonds is 4. The van der Waals surface area contributed by atoms with Crippen LogP contribution >= 0.6 is 0 Å². The maximum absolute atomic E-state index is 12.6. The average Bonchev–Trinajstić information content (AvgIpc) is 2.82. The molecule has 0 spiro atoms. The van der Waals surface area contributed by atoms with Crippen molar-refractivity contribution in [2.75, 3.05) is 13.1 Å². The molecule has 1 fully saturated rings. The van der Waals surface area contributed by atoms with E-state index in [1.807, 2.05) is 6.92 Å². The van der Waals surface area contributed by atoms with Crippen molar-refractivity contribution in [2.45, 2.75) is 30.7 Å². The number of amides is 1. The Morgan fingerprint density at radius 1 is 1.38 bits per heavy atom. The van der Waals surface area contributed by atoms with Gasteiger partial charge in [0.15, 0.2) is 0 Å². The van der Waals surface area contributed by atoms with E-state index in [1.54, 1.807) is 7.05 Å². The molecule has 1 aliphatic heterocycles.